The summed E-state index contributed by atoms with van der Waals surface area (Å²) in [6, 6.07) is 0. The van der Waals surface area contributed by atoms with Crippen molar-refractivity contribution in [2.75, 3.05) is 0 Å². The summed E-state index contributed by atoms with van der Waals surface area (Å²) in [5, 5.41) is 0. The Kier molecular flexibility index (Phi) is 222. The minimum absolute atomic E-state index is 0. The first-order valence-corrected chi connectivity index (χ1v) is 0. The standard InChI is InChI=1S/La.2Li.O.Zr. The van der Waals surface area contributed by atoms with E-state index in [1.54, 1.807) is 0 Å². The Morgan fingerprint density at radius 2 is 0.800 bits per heavy atom. The van der Waals surface area contributed by atoms with Crippen LogP contribution in [0.2, 0.25) is 0 Å². The van der Waals surface area contributed by atoms with Gasteiger partial charge in [-0.2, -0.15) is 0 Å². The second kappa shape index (κ2) is 26.9. The van der Waals surface area contributed by atoms with E-state index in [2.05, 4.69) is 0 Å². The van der Waals surface area contributed by atoms with Gasteiger partial charge in [-0.3, -0.25) is 0 Å². The third kappa shape index (κ3) is 19.0. The van der Waals surface area contributed by atoms with Crippen LogP contribution >= 0.6 is 0 Å². The summed E-state index contributed by atoms with van der Waals surface area (Å²) >= 11 is 0. The molecule has 5 heteroatoms. The molecule has 0 rings (SSSR count). The molecule has 0 aromatic rings. The van der Waals surface area contributed by atoms with Gasteiger partial charge < -0.3 is 0 Å². The van der Waals surface area contributed by atoms with Crippen LogP contribution in [0.15, 0.2) is 0 Å². The SMILES string of the molecule is [La].[Li].[Li].[O].[Zr]. The van der Waals surface area contributed by atoms with E-state index < -0.39 is 0 Å². The molecule has 15 valence electrons. The predicted octanol–water partition coefficient (Wildman–Crippen LogP) is -0.883. The summed E-state index contributed by atoms with van der Waals surface area (Å²) in [5.74, 6) is 0. The number of rotatable bonds is 0. The first-order valence-electron chi connectivity index (χ1n) is 0. The van der Waals surface area contributed by atoms with Gasteiger partial charge in [0.2, 0.25) is 0 Å². The molecule has 0 bridgehead atoms. The third-order valence-corrected chi connectivity index (χ3v) is 0. The zero-order valence-corrected chi connectivity index (χ0v) is 9.57. The van der Waals surface area contributed by atoms with Crippen molar-refractivity contribution in [3.63, 3.8) is 0 Å². The van der Waals surface area contributed by atoms with Gasteiger partial charge in [-0.1, -0.05) is 0 Å². The minimum Gasteiger partial charge on any atom is 0 e. The molecule has 0 saturated carbocycles. The molecule has 1 nitrogen and oxygen atoms in total. The van der Waals surface area contributed by atoms with E-state index >= 15 is 0 Å². The van der Waals surface area contributed by atoms with Crippen LogP contribution in [0.1, 0.15) is 0 Å². The first kappa shape index (κ1) is 41.2. The molecule has 0 amide bonds. The Labute approximate surface area is 103 Å². The molecule has 0 aliphatic carbocycles. The Hall–Kier alpha value is 3.23. The fraction of sp³-hybridized carbons (Fsp3) is 0. The molecule has 0 aliphatic rings. The van der Waals surface area contributed by atoms with Crippen molar-refractivity contribution >= 4 is 37.7 Å². The van der Waals surface area contributed by atoms with Crippen LogP contribution in [0, 0.1) is 35.6 Å². The predicted molar refractivity (Wildman–Crippen MR) is 12.2 cm³/mol. The van der Waals surface area contributed by atoms with E-state index in [4.69, 9.17) is 0 Å². The Bertz CT molecular complexity index is 9.61. The normalized spacial score (nSPS) is 0. The van der Waals surface area contributed by atoms with Crippen molar-refractivity contribution in [1.82, 2.24) is 0 Å². The average molecular weight is 260 g/mol. The maximum absolute atomic E-state index is 0. The van der Waals surface area contributed by atoms with Gasteiger partial charge in [-0.05, 0) is 0 Å². The summed E-state index contributed by atoms with van der Waals surface area (Å²) < 4.78 is 0. The second-order valence-electron chi connectivity index (χ2n) is 0. The molecule has 0 heterocycles. The molecule has 0 aliphatic heterocycles. The topological polar surface area (TPSA) is 28.5 Å². The van der Waals surface area contributed by atoms with Crippen LogP contribution in [0.5, 0.6) is 0 Å². The molecule has 0 spiro atoms. The molecule has 0 fully saturated rings. The molecule has 5 radical (unpaired) electrons. The van der Waals surface area contributed by atoms with E-state index in [0.29, 0.717) is 0 Å². The van der Waals surface area contributed by atoms with Crippen LogP contribution in [0.25, 0.3) is 0 Å². The van der Waals surface area contributed by atoms with Gasteiger partial charge in [0.25, 0.3) is 0 Å². The van der Waals surface area contributed by atoms with E-state index in [1.807, 2.05) is 0 Å². The minimum atomic E-state index is 0. The van der Waals surface area contributed by atoms with Gasteiger partial charge in [0.1, 0.15) is 0 Å². The largest absolute Gasteiger partial charge is 0 e. The molecule has 5 heavy (non-hydrogen) atoms. The van der Waals surface area contributed by atoms with Gasteiger partial charge >= 0.3 is 0 Å². The van der Waals surface area contributed by atoms with Gasteiger partial charge in [-0.15, -0.1) is 0 Å². The summed E-state index contributed by atoms with van der Waals surface area (Å²) in [7, 11) is 0. The average Bonchev–Trinajstić information content (AvgIpc) is 0. The fourth-order valence-electron chi connectivity index (χ4n) is 0. The van der Waals surface area contributed by atoms with E-state index in [0.717, 1.165) is 0 Å². The van der Waals surface area contributed by atoms with Crippen molar-refractivity contribution in [2.45, 2.75) is 0 Å². The van der Waals surface area contributed by atoms with Gasteiger partial charge in [0.05, 0.1) is 0 Å². The van der Waals surface area contributed by atoms with Gasteiger partial charge in [0.15, 0.2) is 0 Å². The van der Waals surface area contributed by atoms with Crippen LogP contribution in [-0.2, 0) is 31.7 Å². The van der Waals surface area contributed by atoms with Crippen LogP contribution in [-0.4, -0.2) is 37.7 Å². The first-order chi connectivity index (χ1) is 0. The van der Waals surface area contributed by atoms with Crippen molar-refractivity contribution in [1.29, 1.82) is 0 Å². The Morgan fingerprint density at radius 1 is 0.800 bits per heavy atom. The quantitative estimate of drug-likeness (QED) is 0.506. The molecular weight excluding hydrogens is 260 g/mol. The van der Waals surface area contributed by atoms with Crippen molar-refractivity contribution in [2.24, 2.45) is 0 Å². The van der Waals surface area contributed by atoms with Gasteiger partial charge in [-0.25, -0.2) is 0 Å². The van der Waals surface area contributed by atoms with E-state index in [-0.39, 0.29) is 105 Å². The van der Waals surface area contributed by atoms with Crippen molar-refractivity contribution in [3.8, 4) is 0 Å². The summed E-state index contributed by atoms with van der Waals surface area (Å²) in [6.07, 6.45) is 0. The summed E-state index contributed by atoms with van der Waals surface area (Å²) in [4.78, 5) is 0. The summed E-state index contributed by atoms with van der Waals surface area (Å²) in [6.45, 7) is 0. The second-order valence-corrected chi connectivity index (χ2v) is 0. The van der Waals surface area contributed by atoms with Crippen LogP contribution in [0.4, 0.5) is 0 Å². The molecule has 0 atom stereocenters. The molecule has 0 saturated heterocycles. The molecule has 0 N–H and O–H groups in total. The molecule has 0 unspecified atom stereocenters. The molecule has 0 aromatic heterocycles. The third-order valence-electron chi connectivity index (χ3n) is 0. The van der Waals surface area contributed by atoms with E-state index in [9.17, 15) is 0 Å². The Balaban J connectivity index is 0. The number of hydrogen-bond acceptors (Lipinski definition) is 0. The number of hydrogen-bond donors (Lipinski definition) is 0. The zero-order chi connectivity index (χ0) is 0. The van der Waals surface area contributed by atoms with E-state index in [1.165, 1.54) is 0 Å². The maximum atomic E-state index is 0. The summed E-state index contributed by atoms with van der Waals surface area (Å²) in [5.41, 5.74) is 0. The van der Waals surface area contributed by atoms with Gasteiger partial charge in [0, 0.05) is 105 Å². The monoisotopic (exact) mass is 259 g/mol. The van der Waals surface area contributed by atoms with Crippen molar-refractivity contribution < 1.29 is 67.3 Å². The molecule has 0 aromatic carbocycles. The van der Waals surface area contributed by atoms with Crippen LogP contribution < -0.4 is 0 Å². The van der Waals surface area contributed by atoms with Crippen LogP contribution in [0.3, 0.4) is 0 Å². The molecular formula is LaLi2OZr. The van der Waals surface area contributed by atoms with Crippen molar-refractivity contribution in [3.05, 3.63) is 0 Å². The Morgan fingerprint density at radius 3 is 0.800 bits per heavy atom. The maximum Gasteiger partial charge on any atom is 0 e. The fourth-order valence-corrected chi connectivity index (χ4v) is 0. The smallest absolute Gasteiger partial charge is 0 e. The zero-order valence-electron chi connectivity index (χ0n) is 3.49.